The molecule has 1 atom stereocenters. The Morgan fingerprint density at radius 1 is 1.39 bits per heavy atom. The van der Waals surface area contributed by atoms with Gasteiger partial charge in [-0.1, -0.05) is 24.1 Å². The van der Waals surface area contributed by atoms with Crippen molar-refractivity contribution in [3.05, 3.63) is 28.8 Å². The summed E-state index contributed by atoms with van der Waals surface area (Å²) in [7, 11) is 0. The Hall–Kier alpha value is -0.440. The van der Waals surface area contributed by atoms with E-state index >= 15 is 0 Å². The molecule has 4 heteroatoms. The third-order valence-corrected chi connectivity index (χ3v) is 3.54. The molecule has 1 aromatic rings. The molecule has 1 N–H and O–H groups in total. The number of hydrogen-bond acceptors (Lipinski definition) is 2. The molecule has 18 heavy (non-hydrogen) atoms. The van der Waals surface area contributed by atoms with Crippen molar-refractivity contribution in [2.24, 2.45) is 0 Å². The summed E-state index contributed by atoms with van der Waals surface area (Å²) in [6, 6.07) is 6.51. The van der Waals surface area contributed by atoms with E-state index in [1.165, 1.54) is 24.8 Å². The molecule has 1 unspecified atom stereocenters. The second kappa shape index (κ2) is 7.88. The lowest BCUT2D eigenvalue weighted by Gasteiger charge is -2.23. The molecule has 1 saturated heterocycles. The van der Waals surface area contributed by atoms with E-state index in [-0.39, 0.29) is 12.4 Å². The molecule has 1 aliphatic heterocycles. The van der Waals surface area contributed by atoms with Gasteiger partial charge in [0.1, 0.15) is 5.75 Å². The SMILES string of the molecule is Cc1ccc(Cl)c(OCCC2CCCCN2)c1.Cl. The van der Waals surface area contributed by atoms with Crippen molar-refractivity contribution < 1.29 is 4.74 Å². The Morgan fingerprint density at radius 3 is 2.94 bits per heavy atom. The van der Waals surface area contributed by atoms with Crippen molar-refractivity contribution in [3.8, 4) is 5.75 Å². The number of rotatable bonds is 4. The maximum atomic E-state index is 6.08. The van der Waals surface area contributed by atoms with Crippen LogP contribution < -0.4 is 10.1 Å². The van der Waals surface area contributed by atoms with Gasteiger partial charge in [-0.25, -0.2) is 0 Å². The average molecular weight is 290 g/mol. The molecule has 0 aliphatic carbocycles. The normalized spacial score (nSPS) is 19.1. The van der Waals surface area contributed by atoms with Crippen molar-refractivity contribution in [2.45, 2.75) is 38.6 Å². The second-order valence-electron chi connectivity index (χ2n) is 4.72. The minimum atomic E-state index is 0. The third-order valence-electron chi connectivity index (χ3n) is 3.22. The number of aryl methyl sites for hydroxylation is 1. The molecule has 1 fully saturated rings. The van der Waals surface area contributed by atoms with E-state index in [9.17, 15) is 0 Å². The maximum absolute atomic E-state index is 6.08. The third kappa shape index (κ3) is 4.68. The van der Waals surface area contributed by atoms with Crippen LogP contribution >= 0.6 is 24.0 Å². The van der Waals surface area contributed by atoms with Gasteiger partial charge in [-0.3, -0.25) is 0 Å². The lowest BCUT2D eigenvalue weighted by molar-refractivity contribution is 0.268. The summed E-state index contributed by atoms with van der Waals surface area (Å²) in [5.74, 6) is 0.808. The molecule has 1 aliphatic rings. The minimum absolute atomic E-state index is 0. The summed E-state index contributed by atoms with van der Waals surface area (Å²) in [5.41, 5.74) is 1.18. The molecule has 0 aromatic heterocycles. The number of ether oxygens (including phenoxy) is 1. The molecule has 0 spiro atoms. The molecule has 0 radical (unpaired) electrons. The zero-order chi connectivity index (χ0) is 12.1. The molecule has 1 aromatic carbocycles. The van der Waals surface area contributed by atoms with Crippen LogP contribution in [0, 0.1) is 6.92 Å². The minimum Gasteiger partial charge on any atom is -0.492 e. The highest BCUT2D eigenvalue weighted by Crippen LogP contribution is 2.25. The highest BCUT2D eigenvalue weighted by atomic mass is 35.5. The average Bonchev–Trinajstić information content (AvgIpc) is 2.35. The van der Waals surface area contributed by atoms with Gasteiger partial charge in [0.05, 0.1) is 11.6 Å². The van der Waals surface area contributed by atoms with E-state index < -0.39 is 0 Å². The van der Waals surface area contributed by atoms with E-state index in [1.54, 1.807) is 0 Å². The first-order valence-corrected chi connectivity index (χ1v) is 6.76. The van der Waals surface area contributed by atoms with Gasteiger partial charge in [0.2, 0.25) is 0 Å². The molecule has 1 heterocycles. The van der Waals surface area contributed by atoms with Crippen molar-refractivity contribution in [1.82, 2.24) is 5.32 Å². The molecule has 0 bridgehead atoms. The molecule has 0 amide bonds. The smallest absolute Gasteiger partial charge is 0.138 e. The van der Waals surface area contributed by atoms with Crippen LogP contribution in [0.15, 0.2) is 18.2 Å². The number of hydrogen-bond donors (Lipinski definition) is 1. The van der Waals surface area contributed by atoms with Crippen LogP contribution in [0.2, 0.25) is 5.02 Å². The van der Waals surface area contributed by atoms with Gasteiger partial charge in [-0.05, 0) is 50.4 Å². The first kappa shape index (κ1) is 15.6. The monoisotopic (exact) mass is 289 g/mol. The fraction of sp³-hybridized carbons (Fsp3) is 0.571. The van der Waals surface area contributed by atoms with E-state index in [4.69, 9.17) is 16.3 Å². The maximum Gasteiger partial charge on any atom is 0.138 e. The van der Waals surface area contributed by atoms with Crippen molar-refractivity contribution >= 4 is 24.0 Å². The Kier molecular flexibility index (Phi) is 6.83. The highest BCUT2D eigenvalue weighted by molar-refractivity contribution is 6.32. The standard InChI is InChI=1S/C14H20ClNO.ClH/c1-11-5-6-13(15)14(10-11)17-9-7-12-4-2-3-8-16-12;/h5-6,10,12,16H,2-4,7-9H2,1H3;1H. The molecule has 0 saturated carbocycles. The first-order chi connectivity index (χ1) is 8.25. The topological polar surface area (TPSA) is 21.3 Å². The second-order valence-corrected chi connectivity index (χ2v) is 5.13. The lowest BCUT2D eigenvalue weighted by atomic mass is 10.0. The van der Waals surface area contributed by atoms with Gasteiger partial charge in [0.25, 0.3) is 0 Å². The Morgan fingerprint density at radius 2 is 2.22 bits per heavy atom. The quantitative estimate of drug-likeness (QED) is 0.905. The summed E-state index contributed by atoms with van der Waals surface area (Å²) in [6.07, 6.45) is 4.97. The number of nitrogens with one attached hydrogen (secondary N) is 1. The Balaban J connectivity index is 0.00000162. The zero-order valence-corrected chi connectivity index (χ0v) is 12.3. The summed E-state index contributed by atoms with van der Waals surface area (Å²) in [6.45, 7) is 3.93. The van der Waals surface area contributed by atoms with Gasteiger partial charge in [0, 0.05) is 6.04 Å². The summed E-state index contributed by atoms with van der Waals surface area (Å²) >= 11 is 6.08. The molecule has 2 rings (SSSR count). The Bertz CT molecular complexity index is 365. The largest absolute Gasteiger partial charge is 0.492 e. The molecular weight excluding hydrogens is 269 g/mol. The van der Waals surface area contributed by atoms with Crippen LogP contribution in [0.25, 0.3) is 0 Å². The van der Waals surface area contributed by atoms with Crippen LogP contribution in [0.5, 0.6) is 5.75 Å². The fourth-order valence-electron chi connectivity index (χ4n) is 2.20. The number of benzene rings is 1. The highest BCUT2D eigenvalue weighted by Gasteiger charge is 2.12. The summed E-state index contributed by atoms with van der Waals surface area (Å²) in [5, 5.41) is 4.22. The fourth-order valence-corrected chi connectivity index (χ4v) is 2.37. The summed E-state index contributed by atoms with van der Waals surface area (Å²) < 4.78 is 5.75. The van der Waals surface area contributed by atoms with E-state index in [0.717, 1.165) is 25.3 Å². The molecular formula is C14H21Cl2NO. The van der Waals surface area contributed by atoms with Gasteiger partial charge < -0.3 is 10.1 Å². The zero-order valence-electron chi connectivity index (χ0n) is 10.7. The first-order valence-electron chi connectivity index (χ1n) is 6.38. The van der Waals surface area contributed by atoms with Gasteiger partial charge in [-0.2, -0.15) is 0 Å². The Labute approximate surface area is 120 Å². The van der Waals surface area contributed by atoms with Crippen LogP contribution in [0.4, 0.5) is 0 Å². The molecule has 2 nitrogen and oxygen atoms in total. The van der Waals surface area contributed by atoms with Crippen LogP contribution in [0.3, 0.4) is 0 Å². The van der Waals surface area contributed by atoms with E-state index in [1.807, 2.05) is 25.1 Å². The van der Waals surface area contributed by atoms with Gasteiger partial charge >= 0.3 is 0 Å². The number of piperidine rings is 1. The molecule has 102 valence electrons. The van der Waals surface area contributed by atoms with Crippen LogP contribution in [-0.4, -0.2) is 19.2 Å². The van der Waals surface area contributed by atoms with Crippen LogP contribution in [-0.2, 0) is 0 Å². The van der Waals surface area contributed by atoms with Crippen molar-refractivity contribution in [2.75, 3.05) is 13.2 Å². The van der Waals surface area contributed by atoms with E-state index in [0.29, 0.717) is 11.1 Å². The predicted octanol–water partition coefficient (Wildman–Crippen LogP) is 3.98. The predicted molar refractivity (Wildman–Crippen MR) is 79.2 cm³/mol. The van der Waals surface area contributed by atoms with Crippen molar-refractivity contribution in [3.63, 3.8) is 0 Å². The van der Waals surface area contributed by atoms with Gasteiger partial charge in [0.15, 0.2) is 0 Å². The lowest BCUT2D eigenvalue weighted by Crippen LogP contribution is -2.35. The van der Waals surface area contributed by atoms with E-state index in [2.05, 4.69) is 5.32 Å². The number of halogens is 2. The van der Waals surface area contributed by atoms with Crippen LogP contribution in [0.1, 0.15) is 31.2 Å². The van der Waals surface area contributed by atoms with Crippen molar-refractivity contribution in [1.29, 1.82) is 0 Å². The van der Waals surface area contributed by atoms with Gasteiger partial charge in [-0.15, -0.1) is 12.4 Å². The summed E-state index contributed by atoms with van der Waals surface area (Å²) in [4.78, 5) is 0.